The molecule has 29 heavy (non-hydrogen) atoms. The van der Waals surface area contributed by atoms with Crippen LogP contribution in [-0.2, 0) is 18.3 Å². The van der Waals surface area contributed by atoms with Gasteiger partial charge in [0.2, 0.25) is 5.91 Å². The zero-order valence-corrected chi connectivity index (χ0v) is 16.8. The Morgan fingerprint density at radius 1 is 1.10 bits per heavy atom. The summed E-state index contributed by atoms with van der Waals surface area (Å²) in [5.41, 5.74) is 3.55. The standard InChI is InChI=1S/C23H24N4O2/c1-15-8-10-17(11-9-15)12-13-24-22(28)16(2)27-20-7-5-4-6-18(20)19-14-25-26(3)23(29)21(19)27/h4-11,14,16H,12-13H2,1-3H3,(H,24,28). The Morgan fingerprint density at radius 2 is 1.83 bits per heavy atom. The molecule has 1 unspecified atom stereocenters. The second-order valence-corrected chi connectivity index (χ2v) is 7.43. The van der Waals surface area contributed by atoms with E-state index in [9.17, 15) is 9.59 Å². The minimum atomic E-state index is -0.523. The lowest BCUT2D eigenvalue weighted by Crippen LogP contribution is -2.33. The van der Waals surface area contributed by atoms with Crippen LogP contribution in [0.15, 0.2) is 59.5 Å². The number of carbonyl (C=O) groups is 1. The molecule has 2 aromatic heterocycles. The zero-order chi connectivity index (χ0) is 20.5. The first kappa shape index (κ1) is 18.9. The van der Waals surface area contributed by atoms with Gasteiger partial charge in [0.05, 0.1) is 11.7 Å². The Labute approximate surface area is 168 Å². The van der Waals surface area contributed by atoms with Crippen molar-refractivity contribution in [2.45, 2.75) is 26.3 Å². The number of hydrogen-bond acceptors (Lipinski definition) is 3. The molecule has 0 fully saturated rings. The molecular formula is C23H24N4O2. The lowest BCUT2D eigenvalue weighted by atomic mass is 10.1. The smallest absolute Gasteiger partial charge is 0.291 e. The highest BCUT2D eigenvalue weighted by atomic mass is 16.2. The number of nitrogens with one attached hydrogen (secondary N) is 1. The van der Waals surface area contributed by atoms with E-state index in [1.807, 2.05) is 35.8 Å². The molecule has 0 spiro atoms. The molecule has 4 rings (SSSR count). The molecule has 0 saturated heterocycles. The van der Waals surface area contributed by atoms with E-state index in [2.05, 4.69) is 41.6 Å². The van der Waals surface area contributed by atoms with Crippen molar-refractivity contribution in [3.8, 4) is 0 Å². The molecule has 1 N–H and O–H groups in total. The van der Waals surface area contributed by atoms with Crippen LogP contribution >= 0.6 is 0 Å². The quantitative estimate of drug-likeness (QED) is 0.571. The Bertz CT molecular complexity index is 1250. The SMILES string of the molecule is Cc1ccc(CCNC(=O)C(C)n2c3ccccc3c3cnn(C)c(=O)c32)cc1. The Hall–Kier alpha value is -3.41. The number of hydrogen-bond donors (Lipinski definition) is 1. The molecule has 2 aromatic carbocycles. The van der Waals surface area contributed by atoms with Gasteiger partial charge in [-0.15, -0.1) is 0 Å². The Morgan fingerprint density at radius 3 is 2.59 bits per heavy atom. The van der Waals surface area contributed by atoms with Crippen molar-refractivity contribution in [3.05, 3.63) is 76.2 Å². The number of fused-ring (bicyclic) bond motifs is 3. The maximum Gasteiger partial charge on any atom is 0.291 e. The molecule has 1 amide bonds. The summed E-state index contributed by atoms with van der Waals surface area (Å²) in [6.07, 6.45) is 2.45. The highest BCUT2D eigenvalue weighted by molar-refractivity contribution is 6.08. The number of rotatable bonds is 5. The number of carbonyl (C=O) groups excluding carboxylic acids is 1. The largest absolute Gasteiger partial charge is 0.354 e. The van der Waals surface area contributed by atoms with Gasteiger partial charge in [-0.3, -0.25) is 9.59 Å². The van der Waals surface area contributed by atoms with Crippen molar-refractivity contribution in [2.24, 2.45) is 7.05 Å². The molecule has 0 aliphatic heterocycles. The number of nitrogens with zero attached hydrogens (tertiary/aromatic N) is 3. The van der Waals surface area contributed by atoms with Crippen LogP contribution in [0.5, 0.6) is 0 Å². The van der Waals surface area contributed by atoms with Gasteiger partial charge in [0.1, 0.15) is 11.6 Å². The summed E-state index contributed by atoms with van der Waals surface area (Å²) >= 11 is 0. The fourth-order valence-corrected chi connectivity index (χ4v) is 3.74. The average Bonchev–Trinajstić information content (AvgIpc) is 3.06. The molecule has 0 bridgehead atoms. The Kier molecular flexibility index (Phi) is 4.92. The molecule has 0 aliphatic rings. The Balaban J connectivity index is 1.64. The van der Waals surface area contributed by atoms with Crippen molar-refractivity contribution in [2.75, 3.05) is 6.54 Å². The minimum absolute atomic E-state index is 0.112. The molecule has 6 nitrogen and oxygen atoms in total. The van der Waals surface area contributed by atoms with E-state index in [-0.39, 0.29) is 11.5 Å². The van der Waals surface area contributed by atoms with E-state index in [0.29, 0.717) is 12.1 Å². The monoisotopic (exact) mass is 388 g/mol. The maximum atomic E-state index is 12.9. The van der Waals surface area contributed by atoms with Gasteiger partial charge in [0, 0.05) is 24.4 Å². The summed E-state index contributed by atoms with van der Waals surface area (Å²) in [4.78, 5) is 25.7. The zero-order valence-electron chi connectivity index (χ0n) is 16.8. The molecule has 148 valence electrons. The summed E-state index contributed by atoms with van der Waals surface area (Å²) in [6, 6.07) is 15.5. The highest BCUT2D eigenvalue weighted by Crippen LogP contribution is 2.29. The topological polar surface area (TPSA) is 68.9 Å². The summed E-state index contributed by atoms with van der Waals surface area (Å²) in [5.74, 6) is -0.112. The minimum Gasteiger partial charge on any atom is -0.354 e. The molecule has 4 aromatic rings. The predicted octanol–water partition coefficient (Wildman–Crippen LogP) is 3.12. The van der Waals surface area contributed by atoms with Gasteiger partial charge in [-0.05, 0) is 31.9 Å². The van der Waals surface area contributed by atoms with E-state index in [4.69, 9.17) is 0 Å². The van der Waals surface area contributed by atoms with Crippen LogP contribution in [0.4, 0.5) is 0 Å². The molecule has 1 atom stereocenters. The van der Waals surface area contributed by atoms with Gasteiger partial charge in [-0.1, -0.05) is 48.0 Å². The third-order valence-corrected chi connectivity index (χ3v) is 5.41. The first-order valence-corrected chi connectivity index (χ1v) is 9.75. The molecule has 2 heterocycles. The number of para-hydroxylation sites is 1. The third kappa shape index (κ3) is 3.42. The van der Waals surface area contributed by atoms with Crippen LogP contribution in [0.3, 0.4) is 0 Å². The predicted molar refractivity (Wildman–Crippen MR) is 115 cm³/mol. The number of amides is 1. The van der Waals surface area contributed by atoms with Gasteiger partial charge in [0.25, 0.3) is 5.56 Å². The van der Waals surface area contributed by atoms with Crippen LogP contribution in [0.2, 0.25) is 0 Å². The van der Waals surface area contributed by atoms with E-state index in [1.54, 1.807) is 13.2 Å². The van der Waals surface area contributed by atoms with Crippen LogP contribution in [0.1, 0.15) is 24.1 Å². The van der Waals surface area contributed by atoms with Crippen LogP contribution < -0.4 is 10.9 Å². The first-order valence-electron chi connectivity index (χ1n) is 9.75. The van der Waals surface area contributed by atoms with Crippen LogP contribution in [0, 0.1) is 6.92 Å². The first-order chi connectivity index (χ1) is 14.0. The number of aryl methyl sites for hydroxylation is 2. The van der Waals surface area contributed by atoms with E-state index in [0.717, 1.165) is 22.7 Å². The summed E-state index contributed by atoms with van der Waals surface area (Å²) in [6.45, 7) is 4.43. The van der Waals surface area contributed by atoms with Crippen molar-refractivity contribution in [1.29, 1.82) is 0 Å². The van der Waals surface area contributed by atoms with Crippen molar-refractivity contribution in [3.63, 3.8) is 0 Å². The van der Waals surface area contributed by atoms with Gasteiger partial charge < -0.3 is 9.88 Å². The molecule has 0 radical (unpaired) electrons. The normalized spacial score (nSPS) is 12.4. The molecular weight excluding hydrogens is 364 g/mol. The third-order valence-electron chi connectivity index (χ3n) is 5.41. The molecule has 6 heteroatoms. The number of aromatic nitrogens is 3. The lowest BCUT2D eigenvalue weighted by molar-refractivity contribution is -0.123. The van der Waals surface area contributed by atoms with E-state index < -0.39 is 6.04 Å². The van der Waals surface area contributed by atoms with Gasteiger partial charge in [-0.2, -0.15) is 5.10 Å². The summed E-state index contributed by atoms with van der Waals surface area (Å²) in [7, 11) is 1.62. The number of benzene rings is 2. The summed E-state index contributed by atoms with van der Waals surface area (Å²) in [5, 5.41) is 8.86. The fraction of sp³-hybridized carbons (Fsp3) is 0.261. The van der Waals surface area contributed by atoms with Crippen LogP contribution in [0.25, 0.3) is 21.8 Å². The van der Waals surface area contributed by atoms with Crippen molar-refractivity contribution < 1.29 is 4.79 Å². The molecule has 0 aliphatic carbocycles. The average molecular weight is 388 g/mol. The second kappa shape index (κ2) is 7.54. The molecule has 0 saturated carbocycles. The summed E-state index contributed by atoms with van der Waals surface area (Å²) < 4.78 is 3.13. The van der Waals surface area contributed by atoms with Gasteiger partial charge in [-0.25, -0.2) is 4.68 Å². The maximum absolute atomic E-state index is 12.9. The van der Waals surface area contributed by atoms with Crippen molar-refractivity contribution in [1.82, 2.24) is 19.7 Å². The lowest BCUT2D eigenvalue weighted by Gasteiger charge is -2.16. The fourth-order valence-electron chi connectivity index (χ4n) is 3.74. The van der Waals surface area contributed by atoms with Crippen molar-refractivity contribution >= 4 is 27.7 Å². The second-order valence-electron chi connectivity index (χ2n) is 7.43. The van der Waals surface area contributed by atoms with E-state index in [1.165, 1.54) is 15.8 Å². The van der Waals surface area contributed by atoms with Crippen LogP contribution in [-0.4, -0.2) is 26.8 Å². The van der Waals surface area contributed by atoms with E-state index >= 15 is 0 Å². The van der Waals surface area contributed by atoms with Gasteiger partial charge >= 0.3 is 0 Å². The highest BCUT2D eigenvalue weighted by Gasteiger charge is 2.22. The van der Waals surface area contributed by atoms with Gasteiger partial charge in [0.15, 0.2) is 0 Å².